The molecule has 0 aliphatic carbocycles. The number of rotatable bonds is 4. The molecule has 142 valence electrons. The van der Waals surface area contributed by atoms with Gasteiger partial charge in [0.05, 0.1) is 5.92 Å². The number of carbonyl (C=O) groups excluding carboxylic acids is 3. The van der Waals surface area contributed by atoms with Crippen molar-refractivity contribution < 1.29 is 14.4 Å². The molecule has 1 unspecified atom stereocenters. The molecule has 7 nitrogen and oxygen atoms in total. The van der Waals surface area contributed by atoms with E-state index in [2.05, 4.69) is 26.8 Å². The first-order chi connectivity index (χ1) is 12.8. The van der Waals surface area contributed by atoms with E-state index in [-0.39, 0.29) is 18.2 Å². The highest BCUT2D eigenvalue weighted by molar-refractivity contribution is 9.10. The topological polar surface area (TPSA) is 83.4 Å². The molecule has 2 heterocycles. The Morgan fingerprint density at radius 3 is 2.56 bits per heavy atom. The SMILES string of the molecule is Cc1ccc(CN2CC(C(=O)NNC(=O)c3cc(Br)cn3C)CC2=O)cc1. The van der Waals surface area contributed by atoms with E-state index < -0.39 is 11.8 Å². The average molecular weight is 433 g/mol. The predicted molar refractivity (Wildman–Crippen MR) is 103 cm³/mol. The van der Waals surface area contributed by atoms with Gasteiger partial charge in [0.1, 0.15) is 5.69 Å². The molecule has 1 aromatic heterocycles. The second-order valence-electron chi connectivity index (χ2n) is 6.76. The summed E-state index contributed by atoms with van der Waals surface area (Å²) in [7, 11) is 1.74. The van der Waals surface area contributed by atoms with Gasteiger partial charge in [-0.25, -0.2) is 0 Å². The van der Waals surface area contributed by atoms with Crippen molar-refractivity contribution in [1.82, 2.24) is 20.3 Å². The molecule has 27 heavy (non-hydrogen) atoms. The lowest BCUT2D eigenvalue weighted by atomic mass is 10.1. The fourth-order valence-corrected chi connectivity index (χ4v) is 3.57. The molecule has 1 aliphatic heterocycles. The van der Waals surface area contributed by atoms with Gasteiger partial charge >= 0.3 is 0 Å². The number of hydrogen-bond donors (Lipinski definition) is 2. The second-order valence-corrected chi connectivity index (χ2v) is 7.67. The summed E-state index contributed by atoms with van der Waals surface area (Å²) < 4.78 is 2.42. The largest absolute Gasteiger partial charge is 0.345 e. The number of hydrogen-bond acceptors (Lipinski definition) is 3. The minimum absolute atomic E-state index is 0.0617. The first kappa shape index (κ1) is 19.2. The van der Waals surface area contributed by atoms with Gasteiger partial charge in [0, 0.05) is 37.2 Å². The molecule has 1 fully saturated rings. The number of amides is 3. The molecule has 0 bridgehead atoms. The van der Waals surface area contributed by atoms with E-state index in [1.807, 2.05) is 31.2 Å². The summed E-state index contributed by atoms with van der Waals surface area (Å²) in [6, 6.07) is 9.61. The van der Waals surface area contributed by atoms with Crippen LogP contribution in [0.25, 0.3) is 0 Å². The smallest absolute Gasteiger partial charge is 0.286 e. The highest BCUT2D eigenvalue weighted by atomic mass is 79.9. The van der Waals surface area contributed by atoms with Gasteiger partial charge in [0.25, 0.3) is 5.91 Å². The Morgan fingerprint density at radius 1 is 1.22 bits per heavy atom. The number of halogens is 1. The summed E-state index contributed by atoms with van der Waals surface area (Å²) in [5, 5.41) is 0. The lowest BCUT2D eigenvalue weighted by Crippen LogP contribution is -2.45. The lowest BCUT2D eigenvalue weighted by Gasteiger charge is -2.17. The highest BCUT2D eigenvalue weighted by Gasteiger charge is 2.34. The van der Waals surface area contributed by atoms with E-state index in [1.165, 1.54) is 0 Å². The number of benzene rings is 1. The van der Waals surface area contributed by atoms with Gasteiger partial charge in [-0.05, 0) is 34.5 Å². The molecule has 3 amide bonds. The molecule has 1 aliphatic rings. The molecule has 0 saturated carbocycles. The van der Waals surface area contributed by atoms with Crippen LogP contribution in [0.3, 0.4) is 0 Å². The molecule has 1 saturated heterocycles. The number of carbonyl (C=O) groups is 3. The third-order valence-corrected chi connectivity index (χ3v) is 5.02. The Hall–Kier alpha value is -2.61. The van der Waals surface area contributed by atoms with E-state index in [0.29, 0.717) is 18.8 Å². The number of nitrogens with zero attached hydrogens (tertiary/aromatic N) is 2. The van der Waals surface area contributed by atoms with Crippen LogP contribution in [0.2, 0.25) is 0 Å². The average Bonchev–Trinajstić information content (AvgIpc) is 3.16. The molecule has 2 N–H and O–H groups in total. The minimum Gasteiger partial charge on any atom is -0.345 e. The van der Waals surface area contributed by atoms with Crippen LogP contribution in [0, 0.1) is 12.8 Å². The van der Waals surface area contributed by atoms with E-state index in [1.54, 1.807) is 28.8 Å². The van der Waals surface area contributed by atoms with Crippen LogP contribution in [0.5, 0.6) is 0 Å². The first-order valence-electron chi connectivity index (χ1n) is 8.59. The monoisotopic (exact) mass is 432 g/mol. The summed E-state index contributed by atoms with van der Waals surface area (Å²) >= 11 is 3.30. The van der Waals surface area contributed by atoms with E-state index in [4.69, 9.17) is 0 Å². The molecular formula is C19H21BrN4O3. The third-order valence-electron chi connectivity index (χ3n) is 4.58. The fraction of sp³-hybridized carbons (Fsp3) is 0.316. The number of likely N-dealkylation sites (tertiary alicyclic amines) is 1. The minimum atomic E-state index is -0.483. The van der Waals surface area contributed by atoms with Gasteiger partial charge in [0.15, 0.2) is 0 Å². The Bertz CT molecular complexity index is 876. The number of aryl methyl sites for hydroxylation is 2. The summed E-state index contributed by atoms with van der Waals surface area (Å²) in [4.78, 5) is 38.4. The van der Waals surface area contributed by atoms with Crippen molar-refractivity contribution in [3.8, 4) is 0 Å². The van der Waals surface area contributed by atoms with Crippen molar-refractivity contribution >= 4 is 33.7 Å². The van der Waals surface area contributed by atoms with Crippen LogP contribution < -0.4 is 10.9 Å². The Kier molecular flexibility index (Phi) is 5.65. The maximum Gasteiger partial charge on any atom is 0.286 e. The van der Waals surface area contributed by atoms with Crippen LogP contribution in [-0.4, -0.2) is 33.7 Å². The van der Waals surface area contributed by atoms with E-state index >= 15 is 0 Å². The van der Waals surface area contributed by atoms with Crippen LogP contribution in [0.15, 0.2) is 41.0 Å². The third kappa shape index (κ3) is 4.57. The maximum atomic E-state index is 12.3. The van der Waals surface area contributed by atoms with Gasteiger partial charge in [-0.15, -0.1) is 0 Å². The summed E-state index contributed by atoms with van der Waals surface area (Å²) in [6.07, 6.45) is 1.89. The van der Waals surface area contributed by atoms with Gasteiger partial charge in [0.2, 0.25) is 11.8 Å². The zero-order chi connectivity index (χ0) is 19.6. The van der Waals surface area contributed by atoms with Crippen molar-refractivity contribution in [1.29, 1.82) is 0 Å². The summed E-state index contributed by atoms with van der Waals surface area (Å²) in [5.74, 6) is -1.33. The van der Waals surface area contributed by atoms with Gasteiger partial charge in [-0.2, -0.15) is 0 Å². The van der Waals surface area contributed by atoms with Crippen molar-refractivity contribution in [2.24, 2.45) is 13.0 Å². The standard InChI is InChI=1S/C19H21BrN4O3/c1-12-3-5-13(6-4-12)9-24-10-14(7-17(24)25)18(26)21-22-19(27)16-8-15(20)11-23(16)2/h3-6,8,11,14H,7,9-10H2,1-2H3,(H,21,26)(H,22,27). The van der Waals surface area contributed by atoms with E-state index in [9.17, 15) is 14.4 Å². The van der Waals surface area contributed by atoms with Gasteiger partial charge in [-0.1, -0.05) is 29.8 Å². The van der Waals surface area contributed by atoms with Crippen LogP contribution >= 0.6 is 15.9 Å². The highest BCUT2D eigenvalue weighted by Crippen LogP contribution is 2.20. The molecular weight excluding hydrogens is 412 g/mol. The summed E-state index contributed by atoms with van der Waals surface area (Å²) in [5.41, 5.74) is 7.42. The zero-order valence-electron chi connectivity index (χ0n) is 15.2. The first-order valence-corrected chi connectivity index (χ1v) is 9.38. The maximum absolute atomic E-state index is 12.3. The molecule has 1 aromatic carbocycles. The van der Waals surface area contributed by atoms with Crippen molar-refractivity contribution in [3.63, 3.8) is 0 Å². The zero-order valence-corrected chi connectivity index (χ0v) is 16.7. The van der Waals surface area contributed by atoms with Crippen molar-refractivity contribution in [2.45, 2.75) is 19.9 Å². The second kappa shape index (κ2) is 7.96. The van der Waals surface area contributed by atoms with Crippen molar-refractivity contribution in [2.75, 3.05) is 6.54 Å². The molecule has 0 spiro atoms. The van der Waals surface area contributed by atoms with Gasteiger partial charge in [-0.3, -0.25) is 25.2 Å². The molecule has 2 aromatic rings. The summed E-state index contributed by atoms with van der Waals surface area (Å²) in [6.45, 7) is 2.82. The van der Waals surface area contributed by atoms with Crippen LogP contribution in [0.4, 0.5) is 0 Å². The molecule has 0 radical (unpaired) electrons. The number of hydrazine groups is 1. The quantitative estimate of drug-likeness (QED) is 0.723. The Labute approximate surface area is 165 Å². The molecule has 3 rings (SSSR count). The van der Waals surface area contributed by atoms with Gasteiger partial charge < -0.3 is 9.47 Å². The van der Waals surface area contributed by atoms with Crippen LogP contribution in [0.1, 0.15) is 28.0 Å². The lowest BCUT2D eigenvalue weighted by molar-refractivity contribution is -0.129. The predicted octanol–water partition coefficient (Wildman–Crippen LogP) is 1.91. The Balaban J connectivity index is 1.53. The molecule has 8 heteroatoms. The van der Waals surface area contributed by atoms with Crippen molar-refractivity contribution in [3.05, 3.63) is 57.8 Å². The molecule has 1 atom stereocenters. The number of nitrogens with one attached hydrogen (secondary N) is 2. The normalized spacial score (nSPS) is 16.5. The Morgan fingerprint density at radius 2 is 1.93 bits per heavy atom. The fourth-order valence-electron chi connectivity index (χ4n) is 3.05. The number of aromatic nitrogens is 1. The van der Waals surface area contributed by atoms with Crippen LogP contribution in [-0.2, 0) is 23.2 Å². The van der Waals surface area contributed by atoms with E-state index in [0.717, 1.165) is 15.6 Å².